The van der Waals surface area contributed by atoms with Crippen LogP contribution in [0.2, 0.25) is 0 Å². The molecule has 1 aromatic rings. The van der Waals surface area contributed by atoms with E-state index in [4.69, 9.17) is 11.6 Å². The van der Waals surface area contributed by atoms with E-state index >= 15 is 0 Å². The number of alkyl halides is 4. The van der Waals surface area contributed by atoms with Gasteiger partial charge in [0.25, 0.3) is 0 Å². The minimum absolute atomic E-state index is 0.00205. The van der Waals surface area contributed by atoms with Gasteiger partial charge in [0.05, 0.1) is 0 Å². The third-order valence-corrected chi connectivity index (χ3v) is 2.96. The molecule has 0 heterocycles. The van der Waals surface area contributed by atoms with Crippen LogP contribution in [0.4, 0.5) is 13.2 Å². The Bertz CT molecular complexity index is 395. The van der Waals surface area contributed by atoms with Gasteiger partial charge in [-0.3, -0.25) is 4.79 Å². The first-order valence-corrected chi connectivity index (χ1v) is 6.37. The molecule has 0 saturated heterocycles. The van der Waals surface area contributed by atoms with Crippen molar-refractivity contribution in [2.45, 2.75) is 30.8 Å². The van der Waals surface area contributed by atoms with E-state index in [0.717, 1.165) is 0 Å². The average molecular weight is 294 g/mol. The summed E-state index contributed by atoms with van der Waals surface area (Å²) in [4.78, 5) is 11.6. The molecule has 0 aliphatic carbocycles. The maximum atomic E-state index is 11.9. The van der Waals surface area contributed by atoms with E-state index in [2.05, 4.69) is 5.32 Å². The van der Waals surface area contributed by atoms with E-state index in [1.54, 1.807) is 24.3 Å². The summed E-state index contributed by atoms with van der Waals surface area (Å²) in [6.07, 6.45) is -4.68. The summed E-state index contributed by atoms with van der Waals surface area (Å²) in [6.45, 7) is 0.199. The Morgan fingerprint density at radius 3 is 2.42 bits per heavy atom. The Kier molecular flexibility index (Phi) is 6.15. The fraction of sp³-hybridized carbons (Fsp3) is 0.462. The highest BCUT2D eigenvalue weighted by Crippen LogP contribution is 2.22. The second-order valence-electron chi connectivity index (χ2n) is 4.14. The van der Waals surface area contributed by atoms with E-state index in [-0.39, 0.29) is 25.3 Å². The van der Waals surface area contributed by atoms with Gasteiger partial charge in [0.2, 0.25) is 5.91 Å². The summed E-state index contributed by atoms with van der Waals surface area (Å²) < 4.78 is 35.6. The molecule has 0 aliphatic rings. The average Bonchev–Trinajstić information content (AvgIpc) is 2.37. The van der Waals surface area contributed by atoms with Crippen LogP contribution < -0.4 is 5.32 Å². The molecule has 0 spiro atoms. The first-order chi connectivity index (χ1) is 8.90. The van der Waals surface area contributed by atoms with Gasteiger partial charge in [-0.15, -0.1) is 11.6 Å². The van der Waals surface area contributed by atoms with Crippen LogP contribution in [0.3, 0.4) is 0 Å². The minimum atomic E-state index is -4.14. The van der Waals surface area contributed by atoms with Gasteiger partial charge >= 0.3 is 6.18 Å². The molecule has 0 saturated carbocycles. The van der Waals surface area contributed by atoms with Crippen molar-refractivity contribution in [2.24, 2.45) is 0 Å². The summed E-state index contributed by atoms with van der Waals surface area (Å²) in [7, 11) is 0. The molecule has 6 heteroatoms. The van der Waals surface area contributed by atoms with Crippen molar-refractivity contribution in [3.05, 3.63) is 35.9 Å². The lowest BCUT2D eigenvalue weighted by molar-refractivity contribution is -0.135. The lowest BCUT2D eigenvalue weighted by Gasteiger charge is -2.11. The molecular formula is C13H15ClF3NO. The van der Waals surface area contributed by atoms with E-state index in [9.17, 15) is 18.0 Å². The van der Waals surface area contributed by atoms with Crippen molar-refractivity contribution in [1.82, 2.24) is 5.32 Å². The van der Waals surface area contributed by atoms with Crippen LogP contribution in [0, 0.1) is 0 Å². The van der Waals surface area contributed by atoms with Gasteiger partial charge < -0.3 is 5.32 Å². The van der Waals surface area contributed by atoms with Gasteiger partial charge in [-0.2, -0.15) is 13.2 Å². The monoisotopic (exact) mass is 293 g/mol. The van der Waals surface area contributed by atoms with Gasteiger partial charge in [-0.05, 0) is 18.4 Å². The van der Waals surface area contributed by atoms with Crippen LogP contribution >= 0.6 is 11.6 Å². The first-order valence-electron chi connectivity index (χ1n) is 5.93. The molecular weight excluding hydrogens is 279 g/mol. The molecule has 1 N–H and O–H groups in total. The Balaban J connectivity index is 2.25. The number of carbonyl (C=O) groups excluding carboxylic acids is 1. The molecule has 1 unspecified atom stereocenters. The molecule has 1 atom stereocenters. The zero-order chi connectivity index (χ0) is 14.3. The highest BCUT2D eigenvalue weighted by molar-refractivity contribution is 6.30. The largest absolute Gasteiger partial charge is 0.389 e. The Hall–Kier alpha value is -1.23. The third kappa shape index (κ3) is 6.47. The number of hydrogen-bond acceptors (Lipinski definition) is 1. The quantitative estimate of drug-likeness (QED) is 0.627. The Morgan fingerprint density at radius 1 is 1.21 bits per heavy atom. The van der Waals surface area contributed by atoms with Crippen LogP contribution in [0.1, 0.15) is 30.2 Å². The number of nitrogens with one attached hydrogen (secondary N) is 1. The second kappa shape index (κ2) is 7.38. The highest BCUT2D eigenvalue weighted by Gasteiger charge is 2.25. The molecule has 0 fully saturated rings. The number of rotatable bonds is 6. The highest BCUT2D eigenvalue weighted by atomic mass is 35.5. The lowest BCUT2D eigenvalue weighted by Crippen LogP contribution is -2.28. The van der Waals surface area contributed by atoms with Crippen molar-refractivity contribution in [2.75, 3.05) is 6.54 Å². The number of amides is 1. The second-order valence-corrected chi connectivity index (χ2v) is 4.57. The summed E-state index contributed by atoms with van der Waals surface area (Å²) >= 11 is 5.95. The summed E-state index contributed by atoms with van der Waals surface area (Å²) in [5.74, 6) is -0.389. The number of hydrogen-bond donors (Lipinski definition) is 1. The van der Waals surface area contributed by atoms with Gasteiger partial charge in [-0.1, -0.05) is 30.3 Å². The Labute approximate surface area is 114 Å². The van der Waals surface area contributed by atoms with Gasteiger partial charge in [-0.25, -0.2) is 0 Å². The molecule has 1 amide bonds. The predicted molar refractivity (Wildman–Crippen MR) is 68.0 cm³/mol. The molecule has 0 radical (unpaired) electrons. The first kappa shape index (κ1) is 15.8. The van der Waals surface area contributed by atoms with Crippen LogP contribution in [-0.4, -0.2) is 18.6 Å². The molecule has 106 valence electrons. The SMILES string of the molecule is O=C(NCCCCC(F)(F)F)C(Cl)c1ccccc1. The molecule has 1 rings (SSSR count). The van der Waals surface area contributed by atoms with Crippen molar-refractivity contribution in [1.29, 1.82) is 0 Å². The fourth-order valence-corrected chi connectivity index (χ4v) is 1.75. The van der Waals surface area contributed by atoms with Gasteiger partial charge in [0.15, 0.2) is 0 Å². The lowest BCUT2D eigenvalue weighted by atomic mass is 10.1. The van der Waals surface area contributed by atoms with Crippen LogP contribution in [0.25, 0.3) is 0 Å². The number of unbranched alkanes of at least 4 members (excludes halogenated alkanes) is 1. The van der Waals surface area contributed by atoms with E-state index in [1.807, 2.05) is 6.07 Å². The smallest absolute Gasteiger partial charge is 0.355 e. The van der Waals surface area contributed by atoms with Crippen LogP contribution in [0.15, 0.2) is 30.3 Å². The minimum Gasteiger partial charge on any atom is -0.355 e. The predicted octanol–water partition coefficient (Wildman–Crippen LogP) is 3.82. The van der Waals surface area contributed by atoms with Crippen molar-refractivity contribution in [3.8, 4) is 0 Å². The Morgan fingerprint density at radius 2 is 1.84 bits per heavy atom. The zero-order valence-corrected chi connectivity index (χ0v) is 11.0. The fourth-order valence-electron chi connectivity index (χ4n) is 1.53. The van der Waals surface area contributed by atoms with Gasteiger partial charge in [0, 0.05) is 13.0 Å². The molecule has 0 bridgehead atoms. The van der Waals surface area contributed by atoms with E-state index < -0.39 is 18.0 Å². The van der Waals surface area contributed by atoms with Crippen LogP contribution in [0.5, 0.6) is 0 Å². The van der Waals surface area contributed by atoms with Crippen LogP contribution in [-0.2, 0) is 4.79 Å². The summed E-state index contributed by atoms with van der Waals surface area (Å²) in [6, 6.07) is 8.78. The normalized spacial score (nSPS) is 13.1. The van der Waals surface area contributed by atoms with Crippen molar-refractivity contribution >= 4 is 17.5 Å². The van der Waals surface area contributed by atoms with Crippen molar-refractivity contribution < 1.29 is 18.0 Å². The van der Waals surface area contributed by atoms with Crippen molar-refractivity contribution in [3.63, 3.8) is 0 Å². The van der Waals surface area contributed by atoms with E-state index in [1.165, 1.54) is 0 Å². The van der Waals surface area contributed by atoms with E-state index in [0.29, 0.717) is 5.56 Å². The summed E-state index contributed by atoms with van der Waals surface area (Å²) in [5, 5.41) is 1.71. The summed E-state index contributed by atoms with van der Waals surface area (Å²) in [5.41, 5.74) is 0.664. The molecule has 19 heavy (non-hydrogen) atoms. The maximum Gasteiger partial charge on any atom is 0.389 e. The number of benzene rings is 1. The topological polar surface area (TPSA) is 29.1 Å². The standard InChI is InChI=1S/C13H15ClF3NO/c14-11(10-6-2-1-3-7-10)12(19)18-9-5-4-8-13(15,16)17/h1-3,6-7,11H,4-5,8-9H2,(H,18,19). The molecule has 2 nitrogen and oxygen atoms in total. The van der Waals surface area contributed by atoms with Gasteiger partial charge in [0.1, 0.15) is 5.38 Å². The molecule has 0 aliphatic heterocycles. The third-order valence-electron chi connectivity index (χ3n) is 2.51. The maximum absolute atomic E-state index is 11.9. The zero-order valence-electron chi connectivity index (χ0n) is 10.2. The molecule has 0 aromatic heterocycles. The number of halogens is 4. The number of carbonyl (C=O) groups is 1. The molecule has 1 aromatic carbocycles.